The molecule has 2 aromatic rings. The number of anilines is 2. The van der Waals surface area contributed by atoms with Gasteiger partial charge in [-0.1, -0.05) is 60.7 Å². The van der Waals surface area contributed by atoms with Crippen LogP contribution in [0.15, 0.2) is 60.7 Å². The van der Waals surface area contributed by atoms with Gasteiger partial charge in [0.2, 0.25) is 0 Å². The lowest BCUT2D eigenvalue weighted by molar-refractivity contribution is 1.63. The van der Waals surface area contributed by atoms with Crippen molar-refractivity contribution in [1.82, 2.24) is 0 Å². The minimum Gasteiger partial charge on any atom is -0.398 e. The van der Waals surface area contributed by atoms with E-state index in [-0.39, 0.29) is 0 Å². The van der Waals surface area contributed by atoms with Gasteiger partial charge in [0.05, 0.1) is 0 Å². The molecule has 0 amide bonds. The summed E-state index contributed by atoms with van der Waals surface area (Å²) in [7, 11) is 0. The van der Waals surface area contributed by atoms with Crippen molar-refractivity contribution in [3.63, 3.8) is 0 Å². The van der Waals surface area contributed by atoms with Crippen molar-refractivity contribution in [2.24, 2.45) is 0 Å². The summed E-state index contributed by atoms with van der Waals surface area (Å²) in [5.74, 6) is 0. The largest absolute Gasteiger partial charge is 0.398 e. The summed E-state index contributed by atoms with van der Waals surface area (Å²) in [5, 5.41) is 0. The third kappa shape index (κ3) is 3.01. The fourth-order valence-corrected chi connectivity index (χ4v) is 1.64. The maximum atomic E-state index is 5.84. The molecular weight excluding hydrogens is 220 g/mol. The molecule has 0 saturated carbocycles. The highest BCUT2D eigenvalue weighted by Gasteiger charge is 1.91. The first-order chi connectivity index (χ1) is 8.77. The fourth-order valence-electron chi connectivity index (χ4n) is 1.64. The quantitative estimate of drug-likeness (QED) is 0.632. The Bertz CT molecular complexity index is 530. The fraction of sp³-hybridized carbons (Fsp3) is 0. The van der Waals surface area contributed by atoms with Gasteiger partial charge in [0.1, 0.15) is 0 Å². The van der Waals surface area contributed by atoms with Crippen molar-refractivity contribution in [3.8, 4) is 0 Å². The van der Waals surface area contributed by atoms with Crippen LogP contribution in [-0.4, -0.2) is 0 Å². The van der Waals surface area contributed by atoms with Crippen LogP contribution in [0.25, 0.3) is 12.2 Å². The Balaban J connectivity index is 2.08. The monoisotopic (exact) mass is 236 g/mol. The SMILES string of the molecule is Nc1ccccc1/C=C/C=C/c1ccccc1N. The number of nitrogen functional groups attached to an aromatic ring is 2. The van der Waals surface area contributed by atoms with Gasteiger partial charge in [0, 0.05) is 11.4 Å². The third-order valence-electron chi connectivity index (χ3n) is 2.65. The minimum atomic E-state index is 0.779. The van der Waals surface area contributed by atoms with Crippen LogP contribution >= 0.6 is 0 Å². The van der Waals surface area contributed by atoms with Crippen LogP contribution in [-0.2, 0) is 0 Å². The molecule has 90 valence electrons. The average molecular weight is 236 g/mol. The molecule has 0 unspecified atom stereocenters. The van der Waals surface area contributed by atoms with Gasteiger partial charge < -0.3 is 11.5 Å². The Kier molecular flexibility index (Phi) is 3.82. The summed E-state index contributed by atoms with van der Waals surface area (Å²) >= 11 is 0. The van der Waals surface area contributed by atoms with Gasteiger partial charge >= 0.3 is 0 Å². The molecule has 0 aliphatic rings. The Morgan fingerprint density at radius 2 is 1.00 bits per heavy atom. The molecule has 0 bridgehead atoms. The summed E-state index contributed by atoms with van der Waals surface area (Å²) in [5.41, 5.74) is 15.3. The maximum Gasteiger partial charge on any atom is 0.0387 e. The molecule has 2 aromatic carbocycles. The van der Waals surface area contributed by atoms with Crippen LogP contribution in [0, 0.1) is 0 Å². The number of para-hydroxylation sites is 2. The van der Waals surface area contributed by atoms with Gasteiger partial charge in [-0.2, -0.15) is 0 Å². The van der Waals surface area contributed by atoms with Crippen LogP contribution in [0.3, 0.4) is 0 Å². The first-order valence-corrected chi connectivity index (χ1v) is 5.81. The molecule has 0 spiro atoms. The maximum absolute atomic E-state index is 5.84. The Hall–Kier alpha value is -2.48. The van der Waals surface area contributed by atoms with Gasteiger partial charge in [-0.3, -0.25) is 0 Å². The molecule has 0 atom stereocenters. The van der Waals surface area contributed by atoms with Crippen molar-refractivity contribution < 1.29 is 0 Å². The predicted octanol–water partition coefficient (Wildman–Crippen LogP) is 3.58. The van der Waals surface area contributed by atoms with Crippen molar-refractivity contribution in [1.29, 1.82) is 0 Å². The first kappa shape index (κ1) is 12.0. The second-order valence-electron chi connectivity index (χ2n) is 3.98. The molecule has 0 radical (unpaired) electrons. The summed E-state index contributed by atoms with van der Waals surface area (Å²) in [6.07, 6.45) is 7.87. The number of allylic oxidation sites excluding steroid dienone is 2. The van der Waals surface area contributed by atoms with Gasteiger partial charge in [-0.05, 0) is 23.3 Å². The van der Waals surface area contributed by atoms with Crippen molar-refractivity contribution in [2.45, 2.75) is 0 Å². The average Bonchev–Trinajstić information content (AvgIpc) is 2.38. The molecule has 0 fully saturated rings. The van der Waals surface area contributed by atoms with Crippen molar-refractivity contribution in [3.05, 3.63) is 71.8 Å². The zero-order chi connectivity index (χ0) is 12.8. The highest BCUT2D eigenvalue weighted by molar-refractivity contribution is 5.68. The summed E-state index contributed by atoms with van der Waals surface area (Å²) in [4.78, 5) is 0. The Morgan fingerprint density at radius 3 is 1.39 bits per heavy atom. The third-order valence-corrected chi connectivity index (χ3v) is 2.65. The zero-order valence-electron chi connectivity index (χ0n) is 10.1. The highest BCUT2D eigenvalue weighted by Crippen LogP contribution is 2.14. The van der Waals surface area contributed by atoms with E-state index in [1.165, 1.54) is 0 Å². The molecule has 0 aromatic heterocycles. The molecule has 0 aliphatic heterocycles. The molecule has 2 heteroatoms. The van der Waals surface area contributed by atoms with E-state index in [4.69, 9.17) is 11.5 Å². The molecule has 4 N–H and O–H groups in total. The highest BCUT2D eigenvalue weighted by atomic mass is 14.6. The van der Waals surface area contributed by atoms with Gasteiger partial charge in [0.15, 0.2) is 0 Å². The number of nitrogens with two attached hydrogens (primary N) is 2. The molecule has 2 rings (SSSR count). The molecule has 2 nitrogen and oxygen atoms in total. The lowest BCUT2D eigenvalue weighted by Crippen LogP contribution is -1.87. The van der Waals surface area contributed by atoms with Crippen LogP contribution in [0.2, 0.25) is 0 Å². The normalized spacial score (nSPS) is 11.3. The summed E-state index contributed by atoms with van der Waals surface area (Å²) < 4.78 is 0. The van der Waals surface area contributed by atoms with Crippen LogP contribution in [0.4, 0.5) is 11.4 Å². The number of hydrogen-bond donors (Lipinski definition) is 2. The van der Waals surface area contributed by atoms with E-state index in [9.17, 15) is 0 Å². The topological polar surface area (TPSA) is 52.0 Å². The van der Waals surface area contributed by atoms with E-state index >= 15 is 0 Å². The predicted molar refractivity (Wildman–Crippen MR) is 79.8 cm³/mol. The van der Waals surface area contributed by atoms with E-state index < -0.39 is 0 Å². The second kappa shape index (κ2) is 5.73. The molecule has 0 heterocycles. The van der Waals surface area contributed by atoms with E-state index in [1.54, 1.807) is 0 Å². The second-order valence-corrected chi connectivity index (χ2v) is 3.98. The summed E-state index contributed by atoms with van der Waals surface area (Å²) in [6, 6.07) is 15.5. The summed E-state index contributed by atoms with van der Waals surface area (Å²) in [6.45, 7) is 0. The standard InChI is InChI=1S/C16H16N2/c17-15-11-5-3-9-13(15)7-1-2-8-14-10-4-6-12-16(14)18/h1-12H,17-18H2/b7-1+,8-2+. The minimum absolute atomic E-state index is 0.779. The smallest absolute Gasteiger partial charge is 0.0387 e. The van der Waals surface area contributed by atoms with Gasteiger partial charge in [0.25, 0.3) is 0 Å². The van der Waals surface area contributed by atoms with E-state index in [2.05, 4.69) is 0 Å². The van der Waals surface area contributed by atoms with Gasteiger partial charge in [-0.15, -0.1) is 0 Å². The zero-order valence-corrected chi connectivity index (χ0v) is 10.1. The first-order valence-electron chi connectivity index (χ1n) is 5.81. The molecule has 18 heavy (non-hydrogen) atoms. The van der Waals surface area contributed by atoms with E-state index in [0.717, 1.165) is 22.5 Å². The lowest BCUT2D eigenvalue weighted by Gasteiger charge is -1.98. The number of rotatable bonds is 3. The molecule has 0 saturated heterocycles. The van der Waals surface area contributed by atoms with Gasteiger partial charge in [-0.25, -0.2) is 0 Å². The molecule has 0 aliphatic carbocycles. The lowest BCUT2D eigenvalue weighted by atomic mass is 10.1. The van der Waals surface area contributed by atoms with Crippen molar-refractivity contribution in [2.75, 3.05) is 11.5 Å². The van der Waals surface area contributed by atoms with Crippen LogP contribution in [0.5, 0.6) is 0 Å². The Morgan fingerprint density at radius 1 is 0.611 bits per heavy atom. The van der Waals surface area contributed by atoms with E-state index in [1.807, 2.05) is 72.8 Å². The number of hydrogen-bond acceptors (Lipinski definition) is 2. The van der Waals surface area contributed by atoms with Crippen molar-refractivity contribution >= 4 is 23.5 Å². The Labute approximate surface area is 107 Å². The molecular formula is C16H16N2. The van der Waals surface area contributed by atoms with Crippen LogP contribution in [0.1, 0.15) is 11.1 Å². The van der Waals surface area contributed by atoms with E-state index in [0.29, 0.717) is 0 Å². The number of benzene rings is 2. The van der Waals surface area contributed by atoms with Crippen LogP contribution < -0.4 is 11.5 Å².